The van der Waals surface area contributed by atoms with Crippen LogP contribution in [0, 0.1) is 5.82 Å². The fourth-order valence-corrected chi connectivity index (χ4v) is 2.79. The van der Waals surface area contributed by atoms with E-state index in [1.165, 1.54) is 29.0 Å². The molecular weight excluding hydrogens is 285 g/mol. The van der Waals surface area contributed by atoms with E-state index in [2.05, 4.69) is 24.3 Å². The van der Waals surface area contributed by atoms with E-state index in [1.54, 1.807) is 11.4 Å². The highest BCUT2D eigenvalue weighted by molar-refractivity contribution is 7.17. The van der Waals surface area contributed by atoms with Crippen molar-refractivity contribution >= 4 is 21.4 Å². The van der Waals surface area contributed by atoms with Gasteiger partial charge in [-0.05, 0) is 48.5 Å². The van der Waals surface area contributed by atoms with Gasteiger partial charge in [0.15, 0.2) is 0 Å². The number of phenolic OH excluding ortho intramolecular Hbond substituents is 1. The average Bonchev–Trinajstić information content (AvgIpc) is 3.02. The Hall–Kier alpha value is -1.91. The molecule has 0 fully saturated rings. The summed E-state index contributed by atoms with van der Waals surface area (Å²) in [6, 6.07) is 14.7. The Morgan fingerprint density at radius 3 is 2.48 bits per heavy atom. The van der Waals surface area contributed by atoms with E-state index in [0.29, 0.717) is 10.1 Å². The number of phenols is 1. The van der Waals surface area contributed by atoms with Gasteiger partial charge in [-0.15, -0.1) is 11.3 Å². The summed E-state index contributed by atoms with van der Waals surface area (Å²) in [6.45, 7) is 0.787. The molecule has 0 aliphatic carbocycles. The number of aryl methyl sites for hydroxylation is 1. The van der Waals surface area contributed by atoms with Gasteiger partial charge in [-0.1, -0.05) is 30.3 Å². The second-order valence-electron chi connectivity index (χ2n) is 4.61. The van der Waals surface area contributed by atoms with Crippen molar-refractivity contribution in [3.63, 3.8) is 0 Å². The number of rotatable bonds is 3. The molecule has 3 N–H and O–H groups in total. The van der Waals surface area contributed by atoms with E-state index in [1.807, 2.05) is 6.07 Å². The van der Waals surface area contributed by atoms with Crippen molar-refractivity contribution < 1.29 is 9.50 Å². The summed E-state index contributed by atoms with van der Waals surface area (Å²) < 4.78 is 13.5. The molecule has 0 spiro atoms. The van der Waals surface area contributed by atoms with Gasteiger partial charge in [-0.2, -0.15) is 0 Å². The van der Waals surface area contributed by atoms with Crippen LogP contribution in [0.3, 0.4) is 0 Å². The minimum atomic E-state index is -0.279. The van der Waals surface area contributed by atoms with Crippen LogP contribution in [-0.4, -0.2) is 11.7 Å². The van der Waals surface area contributed by atoms with Gasteiger partial charge in [0.1, 0.15) is 11.6 Å². The van der Waals surface area contributed by atoms with E-state index in [9.17, 15) is 9.50 Å². The second kappa shape index (κ2) is 7.76. The minimum Gasteiger partial charge on any atom is -0.506 e. The molecule has 0 saturated carbocycles. The minimum absolute atomic E-state index is 0.149. The molecule has 3 aromatic rings. The van der Waals surface area contributed by atoms with Crippen molar-refractivity contribution in [2.75, 3.05) is 6.54 Å². The maximum Gasteiger partial charge on any atom is 0.133 e. The van der Waals surface area contributed by atoms with Gasteiger partial charge < -0.3 is 10.8 Å². The number of thiophene rings is 1. The molecule has 3 rings (SSSR count). The Balaban J connectivity index is 0.000000155. The molecular formula is C17H18FNOS. The molecule has 0 atom stereocenters. The number of fused-ring (bicyclic) bond motifs is 1. The molecule has 1 aromatic heterocycles. The molecule has 1 heterocycles. The van der Waals surface area contributed by atoms with Crippen LogP contribution in [0.15, 0.2) is 53.9 Å². The molecule has 0 saturated heterocycles. The highest BCUT2D eigenvalue weighted by Gasteiger charge is 2.04. The van der Waals surface area contributed by atoms with Crippen LogP contribution in [0.4, 0.5) is 4.39 Å². The first-order valence-corrected chi connectivity index (χ1v) is 7.69. The monoisotopic (exact) mass is 303 g/mol. The Labute approximate surface area is 127 Å². The van der Waals surface area contributed by atoms with Crippen molar-refractivity contribution in [2.45, 2.75) is 12.8 Å². The first-order chi connectivity index (χ1) is 10.2. The summed E-state index contributed by atoms with van der Waals surface area (Å²) >= 11 is 1.34. The highest BCUT2D eigenvalue weighted by atomic mass is 32.1. The zero-order valence-corrected chi connectivity index (χ0v) is 12.4. The van der Waals surface area contributed by atoms with Gasteiger partial charge in [0.25, 0.3) is 0 Å². The third-order valence-electron chi connectivity index (χ3n) is 3.06. The van der Waals surface area contributed by atoms with Crippen molar-refractivity contribution in [3.05, 3.63) is 65.3 Å². The zero-order valence-electron chi connectivity index (χ0n) is 11.6. The lowest BCUT2D eigenvalue weighted by atomic mass is 10.1. The highest BCUT2D eigenvalue weighted by Crippen LogP contribution is 2.31. The summed E-state index contributed by atoms with van der Waals surface area (Å²) in [5.41, 5.74) is 6.76. The lowest BCUT2D eigenvalue weighted by Crippen LogP contribution is -1.99. The molecule has 0 radical (unpaired) electrons. The first-order valence-electron chi connectivity index (χ1n) is 6.81. The van der Waals surface area contributed by atoms with Gasteiger partial charge in [-0.3, -0.25) is 0 Å². The lowest BCUT2D eigenvalue weighted by Gasteiger charge is -1.96. The standard InChI is InChI=1S/C9H13N.C8H5FOS/c10-8-4-7-9-5-2-1-3-6-9;9-6-1-2-7(10)8-5(6)3-4-11-8/h1-3,5-6H,4,7-8,10H2;1-4,10H. The van der Waals surface area contributed by atoms with E-state index in [4.69, 9.17) is 5.73 Å². The predicted octanol–water partition coefficient (Wildman–Crippen LogP) is 4.32. The maximum atomic E-state index is 12.9. The van der Waals surface area contributed by atoms with E-state index in [-0.39, 0.29) is 11.6 Å². The summed E-state index contributed by atoms with van der Waals surface area (Å²) in [5.74, 6) is -0.129. The Morgan fingerprint density at radius 2 is 1.81 bits per heavy atom. The van der Waals surface area contributed by atoms with Crippen LogP contribution in [0.2, 0.25) is 0 Å². The van der Waals surface area contributed by atoms with Crippen molar-refractivity contribution in [2.24, 2.45) is 5.73 Å². The quantitative estimate of drug-likeness (QED) is 0.756. The third kappa shape index (κ3) is 4.28. The smallest absolute Gasteiger partial charge is 0.133 e. The van der Waals surface area contributed by atoms with Gasteiger partial charge in [-0.25, -0.2) is 4.39 Å². The van der Waals surface area contributed by atoms with Gasteiger partial charge >= 0.3 is 0 Å². The summed E-state index contributed by atoms with van der Waals surface area (Å²) in [7, 11) is 0. The van der Waals surface area contributed by atoms with Crippen LogP contribution < -0.4 is 5.73 Å². The molecule has 0 amide bonds. The molecule has 0 aliphatic heterocycles. The van der Waals surface area contributed by atoms with Crippen LogP contribution in [0.25, 0.3) is 10.1 Å². The third-order valence-corrected chi connectivity index (χ3v) is 3.99. The van der Waals surface area contributed by atoms with E-state index in [0.717, 1.165) is 19.4 Å². The molecule has 4 heteroatoms. The van der Waals surface area contributed by atoms with Crippen molar-refractivity contribution in [3.8, 4) is 5.75 Å². The molecule has 2 aromatic carbocycles. The molecule has 21 heavy (non-hydrogen) atoms. The molecule has 0 aliphatic rings. The van der Waals surface area contributed by atoms with Gasteiger partial charge in [0.05, 0.1) is 4.70 Å². The maximum absolute atomic E-state index is 12.9. The lowest BCUT2D eigenvalue weighted by molar-refractivity contribution is 0.481. The molecule has 0 bridgehead atoms. The SMILES string of the molecule is NCCCc1ccccc1.Oc1ccc(F)c2ccsc12. The molecule has 2 nitrogen and oxygen atoms in total. The Morgan fingerprint density at radius 1 is 1.05 bits per heavy atom. The van der Waals surface area contributed by atoms with Crippen LogP contribution in [0.1, 0.15) is 12.0 Å². The van der Waals surface area contributed by atoms with Gasteiger partial charge in [0, 0.05) is 5.39 Å². The Kier molecular flexibility index (Phi) is 5.72. The predicted molar refractivity (Wildman–Crippen MR) is 87.3 cm³/mol. The fraction of sp³-hybridized carbons (Fsp3) is 0.176. The summed E-state index contributed by atoms with van der Waals surface area (Å²) in [6.07, 6.45) is 2.20. The number of aromatic hydroxyl groups is 1. The van der Waals surface area contributed by atoms with Crippen molar-refractivity contribution in [1.29, 1.82) is 0 Å². The number of nitrogens with two attached hydrogens (primary N) is 1. The zero-order chi connectivity index (χ0) is 15.1. The normalized spacial score (nSPS) is 10.2. The second-order valence-corrected chi connectivity index (χ2v) is 5.52. The summed E-state index contributed by atoms with van der Waals surface area (Å²) in [5, 5.41) is 11.5. The average molecular weight is 303 g/mol. The fourth-order valence-electron chi connectivity index (χ4n) is 1.96. The Bertz CT molecular complexity index is 646. The van der Waals surface area contributed by atoms with Crippen LogP contribution in [0.5, 0.6) is 5.75 Å². The number of halogens is 1. The largest absolute Gasteiger partial charge is 0.506 e. The number of hydrogen-bond acceptors (Lipinski definition) is 3. The topological polar surface area (TPSA) is 46.2 Å². The van der Waals surface area contributed by atoms with Crippen LogP contribution >= 0.6 is 11.3 Å². The number of benzene rings is 2. The van der Waals surface area contributed by atoms with E-state index >= 15 is 0 Å². The summed E-state index contributed by atoms with van der Waals surface area (Å²) in [4.78, 5) is 0. The molecule has 110 valence electrons. The number of hydrogen-bond donors (Lipinski definition) is 2. The van der Waals surface area contributed by atoms with E-state index < -0.39 is 0 Å². The van der Waals surface area contributed by atoms with Gasteiger partial charge in [0.2, 0.25) is 0 Å². The molecule has 0 unspecified atom stereocenters. The first kappa shape index (κ1) is 15.5. The van der Waals surface area contributed by atoms with Crippen LogP contribution in [-0.2, 0) is 6.42 Å². The van der Waals surface area contributed by atoms with Crippen molar-refractivity contribution in [1.82, 2.24) is 0 Å².